The second-order valence-electron chi connectivity index (χ2n) is 2.95. The zero-order valence-electron chi connectivity index (χ0n) is 7.26. The molecule has 0 aromatic carbocycles. The lowest BCUT2D eigenvalue weighted by Crippen LogP contribution is -2.22. The molecule has 2 heterocycles. The predicted molar refractivity (Wildman–Crippen MR) is 56.2 cm³/mol. The van der Waals surface area contributed by atoms with E-state index in [1.54, 1.807) is 0 Å². The molecule has 0 saturated carbocycles. The van der Waals surface area contributed by atoms with Crippen LogP contribution in [-0.2, 0) is 4.79 Å². The number of aryl methyl sites for hydroxylation is 1. The second kappa shape index (κ2) is 3.36. The van der Waals surface area contributed by atoms with E-state index in [0.717, 1.165) is 14.2 Å². The Labute approximate surface area is 92.8 Å². The van der Waals surface area contributed by atoms with Gasteiger partial charge in [0, 0.05) is 14.2 Å². The molecule has 6 heteroatoms. The normalized spacial score (nSPS) is 20.9. The van der Waals surface area contributed by atoms with Gasteiger partial charge in [-0.25, -0.2) is 4.79 Å². The maximum atomic E-state index is 11.3. The Balaban J connectivity index is 2.31. The van der Waals surface area contributed by atoms with Gasteiger partial charge in [-0.2, -0.15) is 0 Å². The molecule has 14 heavy (non-hydrogen) atoms. The van der Waals surface area contributed by atoms with Crippen molar-refractivity contribution >= 4 is 39.2 Å². The molecule has 2 rings (SSSR count). The third kappa shape index (κ3) is 1.55. The topological polar surface area (TPSA) is 58.2 Å². The van der Waals surface area contributed by atoms with Crippen molar-refractivity contribution in [2.75, 3.05) is 0 Å². The van der Waals surface area contributed by atoms with Crippen LogP contribution in [0.5, 0.6) is 0 Å². The minimum absolute atomic E-state index is 0.288. The number of hydrogen-bond donors (Lipinski definition) is 2. The van der Waals surface area contributed by atoms with E-state index >= 15 is 0 Å². The summed E-state index contributed by atoms with van der Waals surface area (Å²) in [5.41, 5.74) is 0. The molecule has 2 N–H and O–H groups in total. The summed E-state index contributed by atoms with van der Waals surface area (Å²) in [6, 6.07) is 0.898. The average molecular weight is 275 g/mol. The highest BCUT2D eigenvalue weighted by molar-refractivity contribution is 9.10. The van der Waals surface area contributed by atoms with Crippen LogP contribution >= 0.6 is 27.3 Å². The zero-order chi connectivity index (χ0) is 10.3. The summed E-state index contributed by atoms with van der Waals surface area (Å²) in [6.07, 6.45) is 0. The fourth-order valence-corrected chi connectivity index (χ4v) is 2.85. The third-order valence-corrected chi connectivity index (χ3v) is 4.14. The maximum absolute atomic E-state index is 11.3. The first-order chi connectivity index (χ1) is 6.58. The quantitative estimate of drug-likeness (QED) is 0.766. The number of imide groups is 1. The first-order valence-electron chi connectivity index (χ1n) is 3.95. The lowest BCUT2D eigenvalue weighted by Gasteiger charge is -2.01. The SMILES string of the molecule is Cc1sc(C2NC(=O)NC2=O)cc1Br. The van der Waals surface area contributed by atoms with Crippen molar-refractivity contribution in [3.8, 4) is 0 Å². The van der Waals surface area contributed by atoms with Crippen LogP contribution < -0.4 is 10.6 Å². The number of urea groups is 1. The summed E-state index contributed by atoms with van der Waals surface area (Å²) < 4.78 is 0.964. The smallest absolute Gasteiger partial charge is 0.321 e. The van der Waals surface area contributed by atoms with E-state index < -0.39 is 12.1 Å². The van der Waals surface area contributed by atoms with Gasteiger partial charge >= 0.3 is 6.03 Å². The molecule has 74 valence electrons. The van der Waals surface area contributed by atoms with E-state index in [-0.39, 0.29) is 5.91 Å². The molecule has 3 amide bonds. The predicted octanol–water partition coefficient (Wildman–Crippen LogP) is 1.70. The molecule has 1 unspecified atom stereocenters. The van der Waals surface area contributed by atoms with Gasteiger partial charge in [0.1, 0.15) is 6.04 Å². The van der Waals surface area contributed by atoms with E-state index in [1.807, 2.05) is 13.0 Å². The first kappa shape index (κ1) is 9.67. The van der Waals surface area contributed by atoms with Gasteiger partial charge in [-0.1, -0.05) is 0 Å². The molecule has 1 aromatic heterocycles. The van der Waals surface area contributed by atoms with E-state index in [4.69, 9.17) is 0 Å². The molecule has 1 aromatic rings. The first-order valence-corrected chi connectivity index (χ1v) is 5.56. The lowest BCUT2D eigenvalue weighted by atomic mass is 10.2. The van der Waals surface area contributed by atoms with Crippen molar-refractivity contribution in [1.82, 2.24) is 10.6 Å². The van der Waals surface area contributed by atoms with Crippen molar-refractivity contribution in [3.63, 3.8) is 0 Å². The van der Waals surface area contributed by atoms with Crippen LogP contribution in [0.25, 0.3) is 0 Å². The Morgan fingerprint density at radius 2 is 2.21 bits per heavy atom. The number of nitrogens with one attached hydrogen (secondary N) is 2. The van der Waals surface area contributed by atoms with Gasteiger partial charge in [0.15, 0.2) is 0 Å². The number of thiophene rings is 1. The van der Waals surface area contributed by atoms with Crippen molar-refractivity contribution in [2.45, 2.75) is 13.0 Å². The summed E-state index contributed by atoms with van der Waals surface area (Å²) in [5, 5.41) is 4.75. The third-order valence-electron chi connectivity index (χ3n) is 1.94. The Hall–Kier alpha value is -0.880. The molecule has 1 saturated heterocycles. The average Bonchev–Trinajstić information content (AvgIpc) is 2.57. The maximum Gasteiger partial charge on any atom is 0.322 e. The Morgan fingerprint density at radius 1 is 1.50 bits per heavy atom. The van der Waals surface area contributed by atoms with Gasteiger partial charge in [-0.05, 0) is 28.9 Å². The fraction of sp³-hybridized carbons (Fsp3) is 0.250. The van der Waals surface area contributed by atoms with Crippen LogP contribution in [0.2, 0.25) is 0 Å². The van der Waals surface area contributed by atoms with Crippen molar-refractivity contribution in [2.24, 2.45) is 0 Å². The number of carbonyl (C=O) groups excluding carboxylic acids is 2. The minimum atomic E-state index is -0.530. The molecular weight excluding hydrogens is 268 g/mol. The lowest BCUT2D eigenvalue weighted by molar-refractivity contribution is -0.120. The van der Waals surface area contributed by atoms with Gasteiger partial charge < -0.3 is 5.32 Å². The van der Waals surface area contributed by atoms with Crippen molar-refractivity contribution in [3.05, 3.63) is 20.3 Å². The largest absolute Gasteiger partial charge is 0.322 e. The summed E-state index contributed by atoms with van der Waals surface area (Å²) >= 11 is 4.86. The van der Waals surface area contributed by atoms with Crippen molar-refractivity contribution < 1.29 is 9.59 Å². The van der Waals surface area contributed by atoms with Crippen LogP contribution in [0.1, 0.15) is 15.8 Å². The number of halogens is 1. The van der Waals surface area contributed by atoms with Gasteiger partial charge in [-0.15, -0.1) is 11.3 Å². The molecule has 0 spiro atoms. The molecule has 1 fully saturated rings. The molecule has 1 aliphatic rings. The molecule has 0 bridgehead atoms. The number of amides is 3. The molecular formula is C8H7BrN2O2S. The molecule has 1 atom stereocenters. The van der Waals surface area contributed by atoms with E-state index in [9.17, 15) is 9.59 Å². The summed E-state index contributed by atoms with van der Waals surface area (Å²) in [6.45, 7) is 1.95. The standard InChI is InChI=1S/C8H7BrN2O2S/c1-3-4(9)2-5(14-3)6-7(12)11-8(13)10-6/h2,6H,1H3,(H2,10,11,12,13). The molecule has 0 radical (unpaired) electrons. The minimum Gasteiger partial charge on any atom is -0.321 e. The highest BCUT2D eigenvalue weighted by Crippen LogP contribution is 2.31. The van der Waals surface area contributed by atoms with Gasteiger partial charge in [-0.3, -0.25) is 10.1 Å². The van der Waals surface area contributed by atoms with E-state index in [2.05, 4.69) is 26.6 Å². The Bertz CT molecular complexity index is 396. The van der Waals surface area contributed by atoms with Crippen LogP contribution in [0.4, 0.5) is 4.79 Å². The van der Waals surface area contributed by atoms with E-state index in [0.29, 0.717) is 0 Å². The van der Waals surface area contributed by atoms with Crippen LogP contribution in [0, 0.1) is 6.92 Å². The molecule has 1 aliphatic heterocycles. The Morgan fingerprint density at radius 3 is 2.64 bits per heavy atom. The fourth-order valence-electron chi connectivity index (χ4n) is 1.24. The van der Waals surface area contributed by atoms with Gasteiger partial charge in [0.05, 0.1) is 0 Å². The highest BCUT2D eigenvalue weighted by Gasteiger charge is 2.32. The summed E-state index contributed by atoms with van der Waals surface area (Å²) in [5.74, 6) is -0.288. The summed E-state index contributed by atoms with van der Waals surface area (Å²) in [4.78, 5) is 24.1. The Kier molecular flexibility index (Phi) is 2.32. The number of carbonyl (C=O) groups is 2. The van der Waals surface area contributed by atoms with Gasteiger partial charge in [0.25, 0.3) is 5.91 Å². The second-order valence-corrected chi connectivity index (χ2v) is 5.09. The molecule has 0 aliphatic carbocycles. The van der Waals surface area contributed by atoms with Gasteiger partial charge in [0.2, 0.25) is 0 Å². The molecule has 4 nitrogen and oxygen atoms in total. The van der Waals surface area contributed by atoms with Crippen molar-refractivity contribution in [1.29, 1.82) is 0 Å². The van der Waals surface area contributed by atoms with Crippen LogP contribution in [0.15, 0.2) is 10.5 Å². The summed E-state index contributed by atoms with van der Waals surface area (Å²) in [7, 11) is 0. The highest BCUT2D eigenvalue weighted by atomic mass is 79.9. The number of rotatable bonds is 1. The van der Waals surface area contributed by atoms with Crippen LogP contribution in [-0.4, -0.2) is 11.9 Å². The zero-order valence-corrected chi connectivity index (χ0v) is 9.66. The van der Waals surface area contributed by atoms with Crippen LogP contribution in [0.3, 0.4) is 0 Å². The van der Waals surface area contributed by atoms with E-state index in [1.165, 1.54) is 11.3 Å². The monoisotopic (exact) mass is 274 g/mol. The number of hydrogen-bond acceptors (Lipinski definition) is 3.